The number of nitrogens with one attached hydrogen (secondary N) is 1. The highest BCUT2D eigenvalue weighted by molar-refractivity contribution is 6.04. The van der Waals surface area contributed by atoms with Gasteiger partial charge in [0.1, 0.15) is 0 Å². The molecule has 0 aliphatic carbocycles. The Labute approximate surface area is 109 Å². The van der Waals surface area contributed by atoms with Crippen LogP contribution in [0.3, 0.4) is 0 Å². The first-order valence-electron chi connectivity index (χ1n) is 6.19. The summed E-state index contributed by atoms with van der Waals surface area (Å²) >= 11 is 0. The Morgan fingerprint density at radius 2 is 1.61 bits per heavy atom. The highest BCUT2D eigenvalue weighted by Crippen LogP contribution is 2.11. The molecule has 0 unspecified atom stereocenters. The van der Waals surface area contributed by atoms with Crippen molar-refractivity contribution >= 4 is 11.6 Å². The molecule has 0 aromatic heterocycles. The molecule has 0 fully saturated rings. The molecule has 0 spiro atoms. The number of hydrogen-bond acceptors (Lipinski definition) is 1. The van der Waals surface area contributed by atoms with Crippen LogP contribution in [0.5, 0.6) is 0 Å². The third-order valence-corrected chi connectivity index (χ3v) is 2.31. The molecule has 94 valence electrons. The summed E-state index contributed by atoms with van der Waals surface area (Å²) in [6.07, 6.45) is 0. The molecular formula is C16H19NO. The largest absolute Gasteiger partial charge is 0.322 e. The second-order valence-corrected chi connectivity index (χ2v) is 3.69. The summed E-state index contributed by atoms with van der Waals surface area (Å²) in [4.78, 5) is 11.8. The Bertz CT molecular complexity index is 491. The molecule has 0 aliphatic rings. The molecule has 2 aromatic carbocycles. The van der Waals surface area contributed by atoms with E-state index in [4.69, 9.17) is 0 Å². The summed E-state index contributed by atoms with van der Waals surface area (Å²) in [5.74, 6) is -0.0776. The van der Waals surface area contributed by atoms with E-state index >= 15 is 0 Å². The Kier molecular flexibility index (Phi) is 5.65. The van der Waals surface area contributed by atoms with Crippen molar-refractivity contribution < 1.29 is 4.79 Å². The van der Waals surface area contributed by atoms with Crippen molar-refractivity contribution in [3.05, 3.63) is 65.7 Å². The smallest absolute Gasteiger partial charge is 0.255 e. The van der Waals surface area contributed by atoms with Gasteiger partial charge in [-0.15, -0.1) is 0 Å². The van der Waals surface area contributed by atoms with Crippen LogP contribution in [0.4, 0.5) is 5.69 Å². The first-order valence-corrected chi connectivity index (χ1v) is 6.19. The number of aryl methyl sites for hydroxylation is 1. The fraction of sp³-hybridized carbons (Fsp3) is 0.188. The topological polar surface area (TPSA) is 29.1 Å². The number of hydrogen-bond donors (Lipinski definition) is 1. The van der Waals surface area contributed by atoms with Gasteiger partial charge < -0.3 is 5.32 Å². The molecule has 2 heteroatoms. The lowest BCUT2D eigenvalue weighted by Crippen LogP contribution is -2.11. The van der Waals surface area contributed by atoms with Crippen molar-refractivity contribution in [2.24, 2.45) is 0 Å². The van der Waals surface area contributed by atoms with Crippen molar-refractivity contribution in [3.8, 4) is 0 Å². The van der Waals surface area contributed by atoms with Crippen molar-refractivity contribution in [2.75, 3.05) is 5.32 Å². The summed E-state index contributed by atoms with van der Waals surface area (Å²) in [7, 11) is 0. The van der Waals surface area contributed by atoms with Gasteiger partial charge in [0.2, 0.25) is 0 Å². The van der Waals surface area contributed by atoms with E-state index in [9.17, 15) is 4.79 Å². The second kappa shape index (κ2) is 7.28. The predicted octanol–water partition coefficient (Wildman–Crippen LogP) is 4.27. The van der Waals surface area contributed by atoms with Gasteiger partial charge in [0.05, 0.1) is 0 Å². The van der Waals surface area contributed by atoms with Crippen LogP contribution in [0.1, 0.15) is 29.8 Å². The monoisotopic (exact) mass is 241 g/mol. The lowest BCUT2D eigenvalue weighted by Gasteiger charge is -2.05. The van der Waals surface area contributed by atoms with Crippen LogP contribution in [0.25, 0.3) is 0 Å². The van der Waals surface area contributed by atoms with E-state index in [1.165, 1.54) is 0 Å². The minimum Gasteiger partial charge on any atom is -0.322 e. The van der Waals surface area contributed by atoms with Crippen LogP contribution in [-0.4, -0.2) is 5.91 Å². The van der Waals surface area contributed by atoms with Gasteiger partial charge in [-0.05, 0) is 36.8 Å². The lowest BCUT2D eigenvalue weighted by molar-refractivity contribution is 0.102. The Morgan fingerprint density at radius 3 is 2.22 bits per heavy atom. The van der Waals surface area contributed by atoms with Gasteiger partial charge in [0.15, 0.2) is 0 Å². The van der Waals surface area contributed by atoms with Crippen LogP contribution in [-0.2, 0) is 0 Å². The molecule has 1 amide bonds. The number of benzene rings is 2. The number of anilines is 1. The quantitative estimate of drug-likeness (QED) is 0.835. The van der Waals surface area contributed by atoms with E-state index in [2.05, 4.69) is 5.32 Å². The zero-order valence-electron chi connectivity index (χ0n) is 11.1. The van der Waals surface area contributed by atoms with Crippen LogP contribution in [0.15, 0.2) is 54.6 Å². The van der Waals surface area contributed by atoms with Crippen LogP contribution >= 0.6 is 0 Å². The van der Waals surface area contributed by atoms with Gasteiger partial charge >= 0.3 is 0 Å². The Balaban J connectivity index is 0.000000771. The van der Waals surface area contributed by atoms with E-state index in [1.807, 2.05) is 63.2 Å². The van der Waals surface area contributed by atoms with Gasteiger partial charge in [-0.3, -0.25) is 4.79 Å². The standard InChI is InChI=1S/C14H13NO.C2H6/c1-11-6-5-9-13(10-11)15-14(16)12-7-3-2-4-8-12;1-2/h2-10H,1H3,(H,15,16);1-2H3. The lowest BCUT2D eigenvalue weighted by atomic mass is 10.2. The van der Waals surface area contributed by atoms with Crippen molar-refractivity contribution in [1.29, 1.82) is 0 Å². The maximum Gasteiger partial charge on any atom is 0.255 e. The summed E-state index contributed by atoms with van der Waals surface area (Å²) in [6, 6.07) is 16.9. The first-order chi connectivity index (χ1) is 8.75. The normalized spacial score (nSPS) is 9.06. The number of amides is 1. The Hall–Kier alpha value is -2.09. The van der Waals surface area contributed by atoms with Gasteiger partial charge in [-0.1, -0.05) is 44.2 Å². The number of carbonyl (C=O) groups excluding carboxylic acids is 1. The summed E-state index contributed by atoms with van der Waals surface area (Å²) in [5, 5.41) is 2.86. The first kappa shape index (κ1) is 14.0. The summed E-state index contributed by atoms with van der Waals surface area (Å²) in [5.41, 5.74) is 2.63. The fourth-order valence-electron chi connectivity index (χ4n) is 1.52. The number of rotatable bonds is 2. The number of carbonyl (C=O) groups is 1. The van der Waals surface area contributed by atoms with Crippen molar-refractivity contribution in [2.45, 2.75) is 20.8 Å². The molecular weight excluding hydrogens is 222 g/mol. The van der Waals surface area contributed by atoms with Crippen LogP contribution in [0.2, 0.25) is 0 Å². The molecule has 0 bridgehead atoms. The van der Waals surface area contributed by atoms with E-state index < -0.39 is 0 Å². The molecule has 0 heterocycles. The van der Waals surface area contributed by atoms with Gasteiger partial charge in [0.25, 0.3) is 5.91 Å². The zero-order chi connectivity index (χ0) is 13.4. The molecule has 0 saturated carbocycles. The molecule has 1 N–H and O–H groups in total. The molecule has 0 atom stereocenters. The van der Waals surface area contributed by atoms with Crippen LogP contribution < -0.4 is 5.32 Å². The summed E-state index contributed by atoms with van der Waals surface area (Å²) in [6.45, 7) is 6.00. The van der Waals surface area contributed by atoms with E-state index in [1.54, 1.807) is 12.1 Å². The minimum absolute atomic E-state index is 0.0776. The van der Waals surface area contributed by atoms with Crippen LogP contribution in [0, 0.1) is 6.92 Å². The molecule has 0 radical (unpaired) electrons. The highest BCUT2D eigenvalue weighted by Gasteiger charge is 2.04. The fourth-order valence-corrected chi connectivity index (χ4v) is 1.52. The van der Waals surface area contributed by atoms with Gasteiger partial charge in [-0.2, -0.15) is 0 Å². The third-order valence-electron chi connectivity index (χ3n) is 2.31. The maximum atomic E-state index is 11.8. The van der Waals surface area contributed by atoms with E-state index in [0.717, 1.165) is 11.3 Å². The molecule has 18 heavy (non-hydrogen) atoms. The molecule has 2 aromatic rings. The van der Waals surface area contributed by atoms with E-state index in [0.29, 0.717) is 5.56 Å². The van der Waals surface area contributed by atoms with Crippen molar-refractivity contribution in [1.82, 2.24) is 0 Å². The molecule has 0 saturated heterocycles. The SMILES string of the molecule is CC.Cc1cccc(NC(=O)c2ccccc2)c1. The van der Waals surface area contributed by atoms with E-state index in [-0.39, 0.29) is 5.91 Å². The van der Waals surface area contributed by atoms with Crippen molar-refractivity contribution in [3.63, 3.8) is 0 Å². The minimum atomic E-state index is -0.0776. The molecule has 0 aliphatic heterocycles. The predicted molar refractivity (Wildman–Crippen MR) is 76.9 cm³/mol. The summed E-state index contributed by atoms with van der Waals surface area (Å²) < 4.78 is 0. The maximum absolute atomic E-state index is 11.8. The third kappa shape index (κ3) is 4.06. The molecule has 2 nitrogen and oxygen atoms in total. The zero-order valence-corrected chi connectivity index (χ0v) is 11.1. The van der Waals surface area contributed by atoms with Gasteiger partial charge in [0, 0.05) is 11.3 Å². The molecule has 2 rings (SSSR count). The Morgan fingerprint density at radius 1 is 0.944 bits per heavy atom. The average molecular weight is 241 g/mol. The van der Waals surface area contributed by atoms with Gasteiger partial charge in [-0.25, -0.2) is 0 Å². The average Bonchev–Trinajstić information content (AvgIpc) is 2.42. The highest BCUT2D eigenvalue weighted by atomic mass is 16.1. The second-order valence-electron chi connectivity index (χ2n) is 3.69.